The number of hydrazone groups is 1. The molecule has 0 radical (unpaired) electrons. The molecule has 0 saturated carbocycles. The zero-order valence-corrected chi connectivity index (χ0v) is 18.8. The van der Waals surface area contributed by atoms with Crippen LogP contribution < -0.4 is 9.75 Å². The van der Waals surface area contributed by atoms with E-state index in [0.29, 0.717) is 11.1 Å². The lowest BCUT2D eigenvalue weighted by atomic mass is 9.97. The molecule has 0 bridgehead atoms. The number of aromatic amines is 1. The molecule has 1 aliphatic rings. The van der Waals surface area contributed by atoms with Gasteiger partial charge in [0.25, 0.3) is 0 Å². The standard InChI is InChI=1S/C29H23N3O2/c1-34-22-13-10-20(11-14-22)29(33)24-15-12-21(27-23-7-3-4-8-25(23)31-28(24)27)18-30-32-17-16-19-6-2-5-9-26(19)32/h2-15,18,31H,16-17H2,1H3. The summed E-state index contributed by atoms with van der Waals surface area (Å²) in [7, 11) is 1.62. The summed E-state index contributed by atoms with van der Waals surface area (Å²) in [6.07, 6.45) is 2.90. The quantitative estimate of drug-likeness (QED) is 0.268. The number of benzene rings is 4. The van der Waals surface area contributed by atoms with Crippen LogP contribution in [0.5, 0.6) is 5.75 Å². The smallest absolute Gasteiger partial charge is 0.195 e. The van der Waals surface area contributed by atoms with Gasteiger partial charge in [-0.1, -0.05) is 42.5 Å². The molecule has 4 aromatic carbocycles. The van der Waals surface area contributed by atoms with Gasteiger partial charge in [0, 0.05) is 39.5 Å². The molecule has 5 nitrogen and oxygen atoms in total. The maximum absolute atomic E-state index is 13.4. The predicted octanol–water partition coefficient (Wildman–Crippen LogP) is 5.96. The fourth-order valence-corrected chi connectivity index (χ4v) is 4.75. The van der Waals surface area contributed by atoms with Gasteiger partial charge in [0.15, 0.2) is 5.78 Å². The summed E-state index contributed by atoms with van der Waals surface area (Å²) in [6, 6.07) is 27.6. The monoisotopic (exact) mass is 445 g/mol. The Kier molecular flexibility index (Phi) is 4.88. The highest BCUT2D eigenvalue weighted by atomic mass is 16.5. The summed E-state index contributed by atoms with van der Waals surface area (Å²) in [6.45, 7) is 0.862. The van der Waals surface area contributed by atoms with Gasteiger partial charge in [-0.2, -0.15) is 5.10 Å². The molecule has 34 heavy (non-hydrogen) atoms. The van der Waals surface area contributed by atoms with E-state index in [-0.39, 0.29) is 5.78 Å². The Hall–Kier alpha value is -4.38. The zero-order valence-electron chi connectivity index (χ0n) is 18.8. The van der Waals surface area contributed by atoms with E-state index in [9.17, 15) is 4.79 Å². The van der Waals surface area contributed by atoms with Crippen LogP contribution in [0, 0.1) is 0 Å². The van der Waals surface area contributed by atoms with Crippen LogP contribution in [0.4, 0.5) is 5.69 Å². The number of fused-ring (bicyclic) bond motifs is 4. The van der Waals surface area contributed by atoms with Gasteiger partial charge in [-0.3, -0.25) is 9.80 Å². The molecule has 1 N–H and O–H groups in total. The van der Waals surface area contributed by atoms with Crippen molar-refractivity contribution in [1.29, 1.82) is 0 Å². The van der Waals surface area contributed by atoms with Crippen molar-refractivity contribution in [3.8, 4) is 5.75 Å². The SMILES string of the molecule is COc1ccc(C(=O)c2ccc(C=NN3CCc4ccccc43)c3c2[nH]c2ccccc23)cc1. The van der Waals surface area contributed by atoms with E-state index in [2.05, 4.69) is 29.2 Å². The van der Waals surface area contributed by atoms with Crippen LogP contribution in [0.2, 0.25) is 0 Å². The molecule has 0 atom stereocenters. The maximum Gasteiger partial charge on any atom is 0.195 e. The highest BCUT2D eigenvalue weighted by Crippen LogP contribution is 2.32. The molecule has 0 saturated heterocycles. The van der Waals surface area contributed by atoms with E-state index in [1.165, 1.54) is 5.56 Å². The van der Waals surface area contributed by atoms with Crippen molar-refractivity contribution in [3.05, 3.63) is 107 Å². The Morgan fingerprint density at radius 2 is 1.76 bits per heavy atom. The first-order valence-electron chi connectivity index (χ1n) is 11.3. The molecule has 0 amide bonds. The van der Waals surface area contributed by atoms with Crippen LogP contribution in [0.15, 0.2) is 90.0 Å². The first kappa shape index (κ1) is 20.2. The van der Waals surface area contributed by atoms with E-state index in [1.54, 1.807) is 19.2 Å². The molecule has 1 aliphatic heterocycles. The second kappa shape index (κ2) is 8.19. The highest BCUT2D eigenvalue weighted by molar-refractivity contribution is 6.23. The molecule has 5 aromatic rings. The van der Waals surface area contributed by atoms with Crippen LogP contribution in [0.1, 0.15) is 27.0 Å². The molecule has 0 aliphatic carbocycles. The number of carbonyl (C=O) groups is 1. The van der Waals surface area contributed by atoms with Gasteiger partial charge in [-0.15, -0.1) is 0 Å². The lowest BCUT2D eigenvalue weighted by Gasteiger charge is -2.12. The van der Waals surface area contributed by atoms with Crippen LogP contribution in [-0.2, 0) is 6.42 Å². The van der Waals surface area contributed by atoms with Crippen molar-refractivity contribution in [2.24, 2.45) is 5.10 Å². The summed E-state index contributed by atoms with van der Waals surface area (Å²) >= 11 is 0. The number of hydrogen-bond donors (Lipinski definition) is 1. The molecule has 2 heterocycles. The molecule has 0 spiro atoms. The Bertz CT molecular complexity index is 1560. The van der Waals surface area contributed by atoms with Gasteiger partial charge in [-0.25, -0.2) is 0 Å². The number of carbonyl (C=O) groups excluding carboxylic acids is 1. The van der Waals surface area contributed by atoms with Crippen molar-refractivity contribution in [3.63, 3.8) is 0 Å². The van der Waals surface area contributed by atoms with E-state index in [4.69, 9.17) is 9.84 Å². The molecule has 0 fully saturated rings. The topological polar surface area (TPSA) is 57.7 Å². The van der Waals surface area contributed by atoms with E-state index in [1.807, 2.05) is 59.8 Å². The minimum absolute atomic E-state index is 0.0313. The Balaban J connectivity index is 1.46. The number of aromatic nitrogens is 1. The number of H-pyrrole nitrogens is 1. The van der Waals surface area contributed by atoms with Crippen LogP contribution >= 0.6 is 0 Å². The average Bonchev–Trinajstić information content (AvgIpc) is 3.49. The number of ketones is 1. The third kappa shape index (κ3) is 3.33. The maximum atomic E-state index is 13.4. The molecule has 6 rings (SSSR count). The number of ether oxygens (including phenoxy) is 1. The second-order valence-corrected chi connectivity index (χ2v) is 8.43. The fraction of sp³-hybridized carbons (Fsp3) is 0.103. The third-order valence-corrected chi connectivity index (χ3v) is 6.49. The normalized spacial score (nSPS) is 13.1. The van der Waals surface area contributed by atoms with E-state index in [0.717, 1.165) is 51.8 Å². The van der Waals surface area contributed by atoms with E-state index >= 15 is 0 Å². The summed E-state index contributed by atoms with van der Waals surface area (Å²) in [4.78, 5) is 16.9. The average molecular weight is 446 g/mol. The van der Waals surface area contributed by atoms with Crippen molar-refractivity contribution >= 4 is 39.5 Å². The minimum Gasteiger partial charge on any atom is -0.497 e. The minimum atomic E-state index is -0.0313. The Morgan fingerprint density at radius 3 is 2.62 bits per heavy atom. The summed E-state index contributed by atoms with van der Waals surface area (Å²) in [5.41, 5.74) is 6.53. The largest absolute Gasteiger partial charge is 0.497 e. The third-order valence-electron chi connectivity index (χ3n) is 6.49. The van der Waals surface area contributed by atoms with Gasteiger partial charge >= 0.3 is 0 Å². The molecule has 1 aromatic heterocycles. The zero-order chi connectivity index (χ0) is 23.1. The molecule has 166 valence electrons. The van der Waals surface area contributed by atoms with Crippen molar-refractivity contribution in [2.45, 2.75) is 6.42 Å². The Labute approximate surface area is 197 Å². The highest BCUT2D eigenvalue weighted by Gasteiger charge is 2.20. The molecular formula is C29H23N3O2. The first-order chi connectivity index (χ1) is 16.7. The van der Waals surface area contributed by atoms with Gasteiger partial charge in [-0.05, 0) is 54.4 Å². The number of methoxy groups -OCH3 is 1. The van der Waals surface area contributed by atoms with Gasteiger partial charge < -0.3 is 9.72 Å². The van der Waals surface area contributed by atoms with Crippen LogP contribution in [0.3, 0.4) is 0 Å². The fourth-order valence-electron chi connectivity index (χ4n) is 4.75. The van der Waals surface area contributed by atoms with Crippen LogP contribution in [0.25, 0.3) is 21.8 Å². The molecule has 5 heteroatoms. The number of hydrogen-bond acceptors (Lipinski definition) is 4. The second-order valence-electron chi connectivity index (χ2n) is 8.43. The van der Waals surface area contributed by atoms with Gasteiger partial charge in [0.2, 0.25) is 0 Å². The van der Waals surface area contributed by atoms with Crippen molar-refractivity contribution in [2.75, 3.05) is 18.7 Å². The lowest BCUT2D eigenvalue weighted by molar-refractivity contribution is 0.104. The number of para-hydroxylation sites is 2. The van der Waals surface area contributed by atoms with Gasteiger partial charge in [0.1, 0.15) is 5.75 Å². The van der Waals surface area contributed by atoms with Crippen molar-refractivity contribution < 1.29 is 9.53 Å². The summed E-state index contributed by atoms with van der Waals surface area (Å²) < 4.78 is 5.24. The van der Waals surface area contributed by atoms with Gasteiger partial charge in [0.05, 0.1) is 24.5 Å². The number of nitrogens with one attached hydrogen (secondary N) is 1. The number of anilines is 1. The summed E-state index contributed by atoms with van der Waals surface area (Å²) in [5, 5.41) is 8.95. The molecular weight excluding hydrogens is 422 g/mol. The van der Waals surface area contributed by atoms with Crippen LogP contribution in [-0.4, -0.2) is 30.6 Å². The first-order valence-corrected chi connectivity index (χ1v) is 11.3. The van der Waals surface area contributed by atoms with E-state index < -0.39 is 0 Å². The number of rotatable bonds is 5. The summed E-state index contributed by atoms with van der Waals surface area (Å²) in [5.74, 6) is 0.693. The lowest BCUT2D eigenvalue weighted by Crippen LogP contribution is -2.12. The molecule has 0 unspecified atom stereocenters. The Morgan fingerprint density at radius 1 is 0.971 bits per heavy atom. The number of nitrogens with zero attached hydrogens (tertiary/aromatic N) is 2. The predicted molar refractivity (Wildman–Crippen MR) is 137 cm³/mol. The van der Waals surface area contributed by atoms with Crippen molar-refractivity contribution in [1.82, 2.24) is 4.98 Å².